The highest BCUT2D eigenvalue weighted by Gasteiger charge is 2.13. The molecule has 16 heavy (non-hydrogen) atoms. The van der Waals surface area contributed by atoms with Crippen LogP contribution in [0.15, 0.2) is 0 Å². The molecule has 0 rings (SSSR count). The lowest BCUT2D eigenvalue weighted by Crippen LogP contribution is -2.30. The number of hydrogen-bond donors (Lipinski definition) is 3. The smallest absolute Gasteiger partial charge is 0.332 e. The molecule has 0 radical (unpaired) electrons. The van der Waals surface area contributed by atoms with E-state index in [9.17, 15) is 18.0 Å². The largest absolute Gasteiger partial charge is 0.479 e. The minimum Gasteiger partial charge on any atom is -0.479 e. The lowest BCUT2D eigenvalue weighted by molar-refractivity contribution is -0.147. The van der Waals surface area contributed by atoms with Gasteiger partial charge in [0.05, 0.1) is 5.75 Å². The summed E-state index contributed by atoms with van der Waals surface area (Å²) < 4.78 is 21.4. The van der Waals surface area contributed by atoms with E-state index in [1.165, 1.54) is 0 Å². The maximum atomic E-state index is 11.0. The third-order valence-corrected chi connectivity index (χ3v) is 2.67. The molecule has 0 bridgehead atoms. The average molecular weight is 253 g/mol. The van der Waals surface area contributed by atoms with E-state index in [1.807, 2.05) is 0 Å². The van der Waals surface area contributed by atoms with E-state index < -0.39 is 27.8 Å². The second-order valence-electron chi connectivity index (χ2n) is 3.37. The molecule has 0 aromatic heterocycles. The normalized spacial score (nSPS) is 13.1. The van der Waals surface area contributed by atoms with Gasteiger partial charge in [-0.2, -0.15) is 0 Å². The third-order valence-electron chi connectivity index (χ3n) is 1.72. The summed E-state index contributed by atoms with van der Waals surface area (Å²) in [7, 11) is -3.18. The number of hydrogen-bond acceptors (Lipinski definition) is 5. The second-order valence-corrected chi connectivity index (χ2v) is 5.63. The summed E-state index contributed by atoms with van der Waals surface area (Å²) in [4.78, 5) is 21.2. The zero-order valence-corrected chi connectivity index (χ0v) is 9.66. The fourth-order valence-corrected chi connectivity index (χ4v) is 1.39. The summed E-state index contributed by atoms with van der Waals surface area (Å²) in [6.07, 6.45) is -0.772. The van der Waals surface area contributed by atoms with Crippen LogP contribution in [0.3, 0.4) is 0 Å². The Balaban J connectivity index is 3.71. The van der Waals surface area contributed by atoms with Gasteiger partial charge in [0.2, 0.25) is 5.91 Å². The van der Waals surface area contributed by atoms with Crippen molar-refractivity contribution in [3.63, 3.8) is 0 Å². The zero-order valence-electron chi connectivity index (χ0n) is 8.84. The van der Waals surface area contributed by atoms with Crippen molar-refractivity contribution >= 4 is 21.7 Å². The fourth-order valence-electron chi connectivity index (χ4n) is 0.838. The number of aliphatic hydroxyl groups excluding tert-OH is 1. The molecule has 1 amide bonds. The number of aliphatic hydroxyl groups is 1. The van der Waals surface area contributed by atoms with Crippen molar-refractivity contribution in [2.45, 2.75) is 18.9 Å². The lowest BCUT2D eigenvalue weighted by atomic mass is 10.2. The SMILES string of the molecule is CS(=O)(=O)CCC(=O)NCC[C@H](O)C(=O)O. The summed E-state index contributed by atoms with van der Waals surface area (Å²) in [6, 6.07) is 0. The summed E-state index contributed by atoms with van der Waals surface area (Å²) in [5.41, 5.74) is 0. The van der Waals surface area contributed by atoms with E-state index in [-0.39, 0.29) is 25.1 Å². The van der Waals surface area contributed by atoms with E-state index in [1.54, 1.807) is 0 Å². The number of amides is 1. The van der Waals surface area contributed by atoms with Gasteiger partial charge < -0.3 is 15.5 Å². The van der Waals surface area contributed by atoms with Gasteiger partial charge in [-0.15, -0.1) is 0 Å². The van der Waals surface area contributed by atoms with Gasteiger partial charge in [0, 0.05) is 25.6 Å². The number of nitrogens with one attached hydrogen (secondary N) is 1. The molecule has 8 heteroatoms. The quantitative estimate of drug-likeness (QED) is 0.501. The van der Waals surface area contributed by atoms with Gasteiger partial charge in [-0.3, -0.25) is 4.79 Å². The number of aliphatic carboxylic acids is 1. The number of sulfone groups is 1. The molecule has 3 N–H and O–H groups in total. The maximum Gasteiger partial charge on any atom is 0.332 e. The fraction of sp³-hybridized carbons (Fsp3) is 0.750. The number of carbonyl (C=O) groups is 2. The van der Waals surface area contributed by atoms with E-state index in [4.69, 9.17) is 10.2 Å². The third kappa shape index (κ3) is 8.18. The Morgan fingerprint density at radius 2 is 1.94 bits per heavy atom. The minimum absolute atomic E-state index is 0.00391. The van der Waals surface area contributed by atoms with Crippen LogP contribution in [0.4, 0.5) is 0 Å². The first kappa shape index (κ1) is 14.8. The van der Waals surface area contributed by atoms with Crippen LogP contribution >= 0.6 is 0 Å². The molecule has 0 heterocycles. The number of carboxylic acid groups (broad SMARTS) is 1. The standard InChI is InChI=1S/C8H15NO6S/c1-16(14,15)5-3-7(11)9-4-2-6(10)8(12)13/h6,10H,2-5H2,1H3,(H,9,11)(H,12,13)/t6-/m0/s1. The Kier molecular flexibility index (Phi) is 5.97. The van der Waals surface area contributed by atoms with Crippen LogP contribution in [0.25, 0.3) is 0 Å². The zero-order chi connectivity index (χ0) is 12.8. The Morgan fingerprint density at radius 1 is 1.38 bits per heavy atom. The van der Waals surface area contributed by atoms with E-state index >= 15 is 0 Å². The van der Waals surface area contributed by atoms with Crippen LogP contribution in [0.5, 0.6) is 0 Å². The Bertz CT molecular complexity index is 350. The predicted octanol–water partition coefficient (Wildman–Crippen LogP) is -1.63. The second kappa shape index (κ2) is 6.44. The van der Waals surface area contributed by atoms with E-state index in [2.05, 4.69) is 5.32 Å². The van der Waals surface area contributed by atoms with Gasteiger partial charge in [-0.05, 0) is 0 Å². The molecule has 7 nitrogen and oxygen atoms in total. The molecule has 1 atom stereocenters. The first-order valence-corrected chi connectivity index (χ1v) is 6.63. The first-order valence-electron chi connectivity index (χ1n) is 4.57. The van der Waals surface area contributed by atoms with Crippen LogP contribution in [0, 0.1) is 0 Å². The van der Waals surface area contributed by atoms with Crippen LogP contribution in [-0.2, 0) is 19.4 Å². The molecule has 0 saturated heterocycles. The van der Waals surface area contributed by atoms with Crippen LogP contribution in [0.2, 0.25) is 0 Å². The highest BCUT2D eigenvalue weighted by atomic mass is 32.2. The molecule has 0 unspecified atom stereocenters. The molecule has 0 saturated carbocycles. The van der Waals surface area contributed by atoms with Crippen molar-refractivity contribution in [1.29, 1.82) is 0 Å². The van der Waals surface area contributed by atoms with Crippen molar-refractivity contribution < 1.29 is 28.2 Å². The molecule has 0 spiro atoms. The van der Waals surface area contributed by atoms with Gasteiger partial charge in [0.1, 0.15) is 9.84 Å². The lowest BCUT2D eigenvalue weighted by Gasteiger charge is -2.06. The van der Waals surface area contributed by atoms with Crippen LogP contribution in [0.1, 0.15) is 12.8 Å². The molecule has 94 valence electrons. The van der Waals surface area contributed by atoms with Crippen LogP contribution in [-0.4, -0.2) is 55.2 Å². The minimum atomic E-state index is -3.18. The number of carboxylic acids is 1. The summed E-state index contributed by atoms with van der Waals surface area (Å²) >= 11 is 0. The van der Waals surface area contributed by atoms with Crippen molar-refractivity contribution in [3.8, 4) is 0 Å². The molecule has 0 aromatic rings. The van der Waals surface area contributed by atoms with Gasteiger partial charge >= 0.3 is 5.97 Å². The Morgan fingerprint density at radius 3 is 2.38 bits per heavy atom. The predicted molar refractivity (Wildman–Crippen MR) is 55.6 cm³/mol. The number of carbonyl (C=O) groups excluding carboxylic acids is 1. The Hall–Kier alpha value is -1.15. The van der Waals surface area contributed by atoms with Gasteiger partial charge in [0.25, 0.3) is 0 Å². The summed E-state index contributed by atoms with van der Waals surface area (Å²) in [5.74, 6) is -2.09. The Labute approximate surface area is 93.4 Å². The maximum absolute atomic E-state index is 11.0. The molecule has 0 fully saturated rings. The molecule has 0 aromatic carbocycles. The van der Waals surface area contributed by atoms with Crippen LogP contribution < -0.4 is 5.32 Å². The van der Waals surface area contributed by atoms with Crippen molar-refractivity contribution in [2.75, 3.05) is 18.6 Å². The summed E-state index contributed by atoms with van der Waals surface area (Å²) in [5, 5.41) is 19.5. The molecule has 0 aliphatic rings. The molecule has 0 aliphatic heterocycles. The van der Waals surface area contributed by atoms with Crippen molar-refractivity contribution in [3.05, 3.63) is 0 Å². The monoisotopic (exact) mass is 253 g/mol. The molecule has 0 aliphatic carbocycles. The van der Waals surface area contributed by atoms with Crippen molar-refractivity contribution in [2.24, 2.45) is 0 Å². The topological polar surface area (TPSA) is 121 Å². The van der Waals surface area contributed by atoms with E-state index in [0.29, 0.717) is 0 Å². The molecular formula is C8H15NO6S. The highest BCUT2D eigenvalue weighted by molar-refractivity contribution is 7.90. The van der Waals surface area contributed by atoms with Gasteiger partial charge in [-0.1, -0.05) is 0 Å². The molecular weight excluding hydrogens is 238 g/mol. The number of rotatable bonds is 7. The highest BCUT2D eigenvalue weighted by Crippen LogP contribution is 1.92. The average Bonchev–Trinajstić information content (AvgIpc) is 2.13. The van der Waals surface area contributed by atoms with E-state index in [0.717, 1.165) is 6.26 Å². The van der Waals surface area contributed by atoms with Gasteiger partial charge in [-0.25, -0.2) is 13.2 Å². The first-order chi connectivity index (χ1) is 7.22. The summed E-state index contributed by atoms with van der Waals surface area (Å²) in [6.45, 7) is -0.00391. The van der Waals surface area contributed by atoms with Crippen molar-refractivity contribution in [1.82, 2.24) is 5.32 Å². The van der Waals surface area contributed by atoms with Gasteiger partial charge in [0.15, 0.2) is 6.10 Å².